The Hall–Kier alpha value is -2.36. The fourth-order valence-electron chi connectivity index (χ4n) is 4.18. The third kappa shape index (κ3) is 1.84. The van der Waals surface area contributed by atoms with E-state index in [9.17, 15) is 5.11 Å². The van der Waals surface area contributed by atoms with Gasteiger partial charge in [0.2, 0.25) is 0 Å². The highest BCUT2D eigenvalue weighted by Crippen LogP contribution is 2.54. The van der Waals surface area contributed by atoms with Crippen LogP contribution in [0.15, 0.2) is 36.4 Å². The lowest BCUT2D eigenvalue weighted by Gasteiger charge is -2.46. The van der Waals surface area contributed by atoms with Gasteiger partial charge in [-0.05, 0) is 36.6 Å². The van der Waals surface area contributed by atoms with Crippen LogP contribution in [-0.2, 0) is 0 Å². The number of ether oxygens (including phenoxy) is 2. The fourth-order valence-corrected chi connectivity index (χ4v) is 4.18. The van der Waals surface area contributed by atoms with Gasteiger partial charge in [0.15, 0.2) is 6.23 Å². The van der Waals surface area contributed by atoms with E-state index in [1.54, 1.807) is 6.07 Å². The Kier molecular flexibility index (Phi) is 2.75. The first-order valence-corrected chi connectivity index (χ1v) is 8.34. The summed E-state index contributed by atoms with van der Waals surface area (Å²) in [5.74, 6) is 2.24. The average molecular weight is 309 g/mol. The molecule has 4 heteroatoms. The first-order valence-electron chi connectivity index (χ1n) is 8.34. The minimum Gasteiger partial charge on any atom is -0.508 e. The highest BCUT2D eigenvalue weighted by molar-refractivity contribution is 5.71. The number of rotatable bonds is 0. The topological polar surface area (TPSA) is 41.9 Å². The van der Waals surface area contributed by atoms with E-state index in [-0.39, 0.29) is 12.1 Å². The van der Waals surface area contributed by atoms with Crippen LogP contribution in [0.5, 0.6) is 17.2 Å². The van der Waals surface area contributed by atoms with Crippen molar-refractivity contribution < 1.29 is 14.6 Å². The zero-order chi connectivity index (χ0) is 15.4. The number of fused-ring (bicyclic) bond motifs is 6. The van der Waals surface area contributed by atoms with Gasteiger partial charge >= 0.3 is 0 Å². The van der Waals surface area contributed by atoms with Crippen LogP contribution < -0.4 is 14.4 Å². The van der Waals surface area contributed by atoms with Crippen LogP contribution in [0.3, 0.4) is 0 Å². The van der Waals surface area contributed by atoms with E-state index < -0.39 is 0 Å². The van der Waals surface area contributed by atoms with Crippen molar-refractivity contribution in [1.29, 1.82) is 0 Å². The molecule has 2 aromatic rings. The summed E-state index contributed by atoms with van der Waals surface area (Å²) in [4.78, 5) is 2.35. The summed E-state index contributed by atoms with van der Waals surface area (Å²) in [7, 11) is 0. The number of para-hydroxylation sites is 1. The molecular weight excluding hydrogens is 290 g/mol. The predicted octanol–water partition coefficient (Wildman–Crippen LogP) is 3.63. The zero-order valence-electron chi connectivity index (χ0n) is 12.9. The van der Waals surface area contributed by atoms with Crippen molar-refractivity contribution in [3.05, 3.63) is 47.5 Å². The van der Waals surface area contributed by atoms with Crippen molar-refractivity contribution in [2.24, 2.45) is 0 Å². The van der Waals surface area contributed by atoms with Gasteiger partial charge in [0, 0.05) is 24.4 Å². The van der Waals surface area contributed by atoms with Gasteiger partial charge in [-0.15, -0.1) is 0 Å². The zero-order valence-corrected chi connectivity index (χ0v) is 12.9. The molecule has 0 amide bonds. The molecular formula is C19H19NO3. The lowest BCUT2D eigenvalue weighted by Crippen LogP contribution is -2.48. The molecule has 118 valence electrons. The van der Waals surface area contributed by atoms with Crippen molar-refractivity contribution in [3.8, 4) is 17.2 Å². The number of aromatic hydroxyl groups is 1. The molecule has 3 aliphatic heterocycles. The summed E-state index contributed by atoms with van der Waals surface area (Å²) < 4.78 is 12.2. The summed E-state index contributed by atoms with van der Waals surface area (Å²) in [6.45, 7) is 1.75. The maximum atomic E-state index is 10.4. The van der Waals surface area contributed by atoms with E-state index >= 15 is 0 Å². The second-order valence-electron chi connectivity index (χ2n) is 6.49. The summed E-state index contributed by atoms with van der Waals surface area (Å²) in [6, 6.07) is 11.8. The third-order valence-corrected chi connectivity index (χ3v) is 5.18. The number of phenols is 1. The van der Waals surface area contributed by atoms with Crippen molar-refractivity contribution in [2.45, 2.75) is 31.4 Å². The average Bonchev–Trinajstić information content (AvgIpc) is 2.54. The number of phenolic OH excluding ortho intramolecular Hbond substituents is 1. The molecule has 0 aromatic heterocycles. The normalized spacial score (nSPS) is 24.4. The van der Waals surface area contributed by atoms with Gasteiger partial charge in [0.05, 0.1) is 12.3 Å². The molecule has 4 nitrogen and oxygen atoms in total. The van der Waals surface area contributed by atoms with Gasteiger partial charge < -0.3 is 19.5 Å². The smallest absolute Gasteiger partial charge is 0.173 e. The van der Waals surface area contributed by atoms with E-state index in [0.717, 1.165) is 55.2 Å². The first-order chi connectivity index (χ1) is 11.3. The highest BCUT2D eigenvalue weighted by atomic mass is 16.5. The molecule has 2 aromatic carbocycles. The van der Waals surface area contributed by atoms with Crippen LogP contribution in [-0.4, -0.2) is 24.5 Å². The van der Waals surface area contributed by atoms with Crippen molar-refractivity contribution in [2.75, 3.05) is 18.1 Å². The molecule has 23 heavy (non-hydrogen) atoms. The summed E-state index contributed by atoms with van der Waals surface area (Å²) in [5, 5.41) is 10.4. The fraction of sp³-hybridized carbons (Fsp3) is 0.368. The number of hydrogen-bond donors (Lipinski definition) is 1. The molecule has 3 heterocycles. The van der Waals surface area contributed by atoms with Gasteiger partial charge in [0.25, 0.3) is 0 Å². The van der Waals surface area contributed by atoms with Crippen molar-refractivity contribution >= 4 is 5.69 Å². The predicted molar refractivity (Wildman–Crippen MR) is 87.5 cm³/mol. The third-order valence-electron chi connectivity index (χ3n) is 5.18. The lowest BCUT2D eigenvalue weighted by molar-refractivity contribution is 0.145. The number of benzene rings is 2. The molecule has 2 bridgehead atoms. The Morgan fingerprint density at radius 3 is 2.87 bits per heavy atom. The summed E-state index contributed by atoms with van der Waals surface area (Å²) in [5.41, 5.74) is 3.31. The van der Waals surface area contributed by atoms with Crippen LogP contribution in [0.1, 0.15) is 36.3 Å². The molecule has 0 radical (unpaired) electrons. The monoisotopic (exact) mass is 309 g/mol. The van der Waals surface area contributed by atoms with E-state index in [1.807, 2.05) is 18.2 Å². The lowest BCUT2D eigenvalue weighted by atomic mass is 9.80. The van der Waals surface area contributed by atoms with Gasteiger partial charge in [-0.2, -0.15) is 0 Å². The van der Waals surface area contributed by atoms with Gasteiger partial charge in [0.1, 0.15) is 17.2 Å². The Morgan fingerprint density at radius 1 is 1.04 bits per heavy atom. The number of anilines is 1. The van der Waals surface area contributed by atoms with Gasteiger partial charge in [-0.1, -0.05) is 18.2 Å². The van der Waals surface area contributed by atoms with Crippen molar-refractivity contribution in [1.82, 2.24) is 0 Å². The van der Waals surface area contributed by atoms with Crippen LogP contribution >= 0.6 is 0 Å². The molecule has 1 N–H and O–H groups in total. The molecule has 0 saturated heterocycles. The SMILES string of the molecule is Oc1cccc2c1[C@@H]1C[C@H](O2)N2CCCCOc3cccc1c32. The standard InChI is InChI=1S/C19H19NO3/c21-14-6-4-7-15-18(14)13-11-17(23-15)20-9-1-2-10-22-16-8-3-5-12(13)19(16)20/h3-8,13,17,21H,1-2,9-11H2/t13-,17+/m1/s1. The van der Waals surface area contributed by atoms with Crippen molar-refractivity contribution in [3.63, 3.8) is 0 Å². The molecule has 0 fully saturated rings. The largest absolute Gasteiger partial charge is 0.508 e. The molecule has 2 atom stereocenters. The molecule has 0 unspecified atom stereocenters. The Labute approximate surface area is 135 Å². The molecule has 0 spiro atoms. The second-order valence-corrected chi connectivity index (χ2v) is 6.49. The first kappa shape index (κ1) is 13.1. The minimum atomic E-state index is 0.0182. The Bertz CT molecular complexity index is 773. The molecule has 3 aliphatic rings. The van der Waals surface area contributed by atoms with Crippen LogP contribution in [0, 0.1) is 0 Å². The number of nitrogens with zero attached hydrogens (tertiary/aromatic N) is 1. The highest BCUT2D eigenvalue weighted by Gasteiger charge is 2.42. The molecule has 0 aliphatic carbocycles. The van der Waals surface area contributed by atoms with Crippen LogP contribution in [0.2, 0.25) is 0 Å². The van der Waals surface area contributed by atoms with E-state index in [1.165, 1.54) is 5.56 Å². The summed E-state index contributed by atoms with van der Waals surface area (Å²) in [6.07, 6.45) is 3.06. The molecule has 5 rings (SSSR count). The number of hydrogen-bond acceptors (Lipinski definition) is 4. The van der Waals surface area contributed by atoms with Crippen LogP contribution in [0.25, 0.3) is 0 Å². The maximum absolute atomic E-state index is 10.4. The quantitative estimate of drug-likeness (QED) is 0.807. The summed E-state index contributed by atoms with van der Waals surface area (Å²) >= 11 is 0. The van der Waals surface area contributed by atoms with E-state index in [2.05, 4.69) is 17.0 Å². The maximum Gasteiger partial charge on any atom is 0.173 e. The Morgan fingerprint density at radius 2 is 1.91 bits per heavy atom. The van der Waals surface area contributed by atoms with Crippen LogP contribution in [0.4, 0.5) is 5.69 Å². The molecule has 0 saturated carbocycles. The Balaban J connectivity index is 1.75. The second kappa shape index (κ2) is 4.82. The van der Waals surface area contributed by atoms with E-state index in [0.29, 0.717) is 5.75 Å². The van der Waals surface area contributed by atoms with Gasteiger partial charge in [-0.25, -0.2) is 0 Å². The minimum absolute atomic E-state index is 0.0182. The van der Waals surface area contributed by atoms with Gasteiger partial charge in [-0.3, -0.25) is 0 Å². The van der Waals surface area contributed by atoms with E-state index in [4.69, 9.17) is 9.47 Å².